The van der Waals surface area contributed by atoms with Crippen LogP contribution in [0.15, 0.2) is 0 Å². The Morgan fingerprint density at radius 3 is 2.31 bits per heavy atom. The van der Waals surface area contributed by atoms with Gasteiger partial charge in [-0.05, 0) is 12.8 Å². The minimum absolute atomic E-state index is 0.0898. The number of nitrogens with one attached hydrogen (secondary N) is 1. The summed E-state index contributed by atoms with van der Waals surface area (Å²) in [7, 11) is 0. The Labute approximate surface area is 72.9 Å². The molecule has 1 saturated heterocycles. The number of carbonyl (C=O) groups is 1. The number of carboxylic acids is 1. The SMILES string of the molecule is O=C(O)[C@H]1CC[C@@H](C(F)(F)F)NC1. The van der Waals surface area contributed by atoms with Crippen molar-refractivity contribution < 1.29 is 23.1 Å². The largest absolute Gasteiger partial charge is 0.481 e. The zero-order valence-corrected chi connectivity index (χ0v) is 6.77. The molecule has 1 aliphatic rings. The monoisotopic (exact) mass is 197 g/mol. The second kappa shape index (κ2) is 3.53. The van der Waals surface area contributed by atoms with Crippen LogP contribution in [0.1, 0.15) is 12.8 Å². The van der Waals surface area contributed by atoms with E-state index in [1.165, 1.54) is 0 Å². The molecule has 0 aliphatic carbocycles. The van der Waals surface area contributed by atoms with Crippen molar-refractivity contribution in [2.24, 2.45) is 5.92 Å². The summed E-state index contributed by atoms with van der Waals surface area (Å²) in [6.07, 6.45) is -4.32. The van der Waals surface area contributed by atoms with Crippen molar-refractivity contribution in [3.8, 4) is 0 Å². The van der Waals surface area contributed by atoms with E-state index in [4.69, 9.17) is 5.11 Å². The summed E-state index contributed by atoms with van der Waals surface area (Å²) < 4.78 is 36.2. The molecule has 0 radical (unpaired) electrons. The van der Waals surface area contributed by atoms with E-state index in [-0.39, 0.29) is 19.4 Å². The molecule has 0 aromatic heterocycles. The van der Waals surface area contributed by atoms with Gasteiger partial charge < -0.3 is 10.4 Å². The maximum Gasteiger partial charge on any atom is 0.403 e. The number of carboxylic acid groups (broad SMARTS) is 1. The van der Waals surface area contributed by atoms with Gasteiger partial charge in [-0.15, -0.1) is 0 Å². The van der Waals surface area contributed by atoms with Crippen LogP contribution in [0.25, 0.3) is 0 Å². The molecule has 0 amide bonds. The highest BCUT2D eigenvalue weighted by molar-refractivity contribution is 5.70. The van der Waals surface area contributed by atoms with Crippen LogP contribution in [0.4, 0.5) is 13.2 Å². The van der Waals surface area contributed by atoms with Gasteiger partial charge >= 0.3 is 12.1 Å². The van der Waals surface area contributed by atoms with Gasteiger partial charge in [0.2, 0.25) is 0 Å². The Kier molecular flexibility index (Phi) is 2.80. The highest BCUT2D eigenvalue weighted by atomic mass is 19.4. The van der Waals surface area contributed by atoms with Gasteiger partial charge in [-0.2, -0.15) is 13.2 Å². The lowest BCUT2D eigenvalue weighted by atomic mass is 9.95. The van der Waals surface area contributed by atoms with Crippen LogP contribution in [-0.4, -0.2) is 29.8 Å². The molecule has 1 heterocycles. The first-order chi connectivity index (χ1) is 5.91. The number of piperidine rings is 1. The summed E-state index contributed by atoms with van der Waals surface area (Å²) >= 11 is 0. The lowest BCUT2D eigenvalue weighted by Gasteiger charge is -2.28. The highest BCUT2D eigenvalue weighted by Gasteiger charge is 2.42. The number of hydrogen-bond acceptors (Lipinski definition) is 2. The van der Waals surface area contributed by atoms with Crippen LogP contribution >= 0.6 is 0 Å². The summed E-state index contributed by atoms with van der Waals surface area (Å²) in [5.74, 6) is -1.72. The molecule has 3 nitrogen and oxygen atoms in total. The number of hydrogen-bond donors (Lipinski definition) is 2. The topological polar surface area (TPSA) is 49.3 Å². The predicted molar refractivity (Wildman–Crippen MR) is 38.2 cm³/mol. The summed E-state index contributed by atoms with van der Waals surface area (Å²) in [5.41, 5.74) is 0. The highest BCUT2D eigenvalue weighted by Crippen LogP contribution is 2.27. The molecule has 0 saturated carbocycles. The molecule has 13 heavy (non-hydrogen) atoms. The zero-order valence-electron chi connectivity index (χ0n) is 6.77. The fourth-order valence-corrected chi connectivity index (χ4v) is 1.35. The average Bonchev–Trinajstić information content (AvgIpc) is 2.03. The number of aliphatic carboxylic acids is 1. The summed E-state index contributed by atoms with van der Waals surface area (Å²) in [5, 5.41) is 10.7. The molecule has 1 fully saturated rings. The van der Waals surface area contributed by atoms with E-state index >= 15 is 0 Å². The average molecular weight is 197 g/mol. The summed E-state index contributed by atoms with van der Waals surface area (Å²) in [6.45, 7) is -0.0977. The molecule has 76 valence electrons. The molecule has 1 rings (SSSR count). The first kappa shape index (κ1) is 10.3. The molecule has 0 unspecified atom stereocenters. The first-order valence-electron chi connectivity index (χ1n) is 3.94. The molecular formula is C7H10F3NO2. The summed E-state index contributed by atoms with van der Waals surface area (Å²) in [6, 6.07) is -1.54. The van der Waals surface area contributed by atoms with Gasteiger partial charge in [0.25, 0.3) is 0 Å². The van der Waals surface area contributed by atoms with Crippen LogP contribution in [0.3, 0.4) is 0 Å². The maximum absolute atomic E-state index is 12.1. The Balaban J connectivity index is 2.44. The van der Waals surface area contributed by atoms with Crippen molar-refractivity contribution in [1.29, 1.82) is 0 Å². The fourth-order valence-electron chi connectivity index (χ4n) is 1.35. The van der Waals surface area contributed by atoms with Gasteiger partial charge in [-0.3, -0.25) is 4.79 Å². The quantitative estimate of drug-likeness (QED) is 0.659. The van der Waals surface area contributed by atoms with Crippen LogP contribution in [0.5, 0.6) is 0 Å². The van der Waals surface area contributed by atoms with Crippen molar-refractivity contribution in [1.82, 2.24) is 5.32 Å². The van der Waals surface area contributed by atoms with E-state index in [0.29, 0.717) is 0 Å². The fraction of sp³-hybridized carbons (Fsp3) is 0.857. The minimum atomic E-state index is -4.26. The lowest BCUT2D eigenvalue weighted by Crippen LogP contribution is -2.49. The Morgan fingerprint density at radius 2 is 2.00 bits per heavy atom. The van der Waals surface area contributed by atoms with Crippen LogP contribution < -0.4 is 5.32 Å². The van der Waals surface area contributed by atoms with Gasteiger partial charge in [0, 0.05) is 6.54 Å². The van der Waals surface area contributed by atoms with E-state index < -0.39 is 24.1 Å². The molecule has 1 aliphatic heterocycles. The predicted octanol–water partition coefficient (Wildman–Crippen LogP) is 1.00. The van der Waals surface area contributed by atoms with Crippen molar-refractivity contribution in [2.75, 3.05) is 6.54 Å². The van der Waals surface area contributed by atoms with Gasteiger partial charge in [0.15, 0.2) is 0 Å². The third-order valence-electron chi connectivity index (χ3n) is 2.16. The van der Waals surface area contributed by atoms with Gasteiger partial charge in [0.1, 0.15) is 6.04 Å². The first-order valence-corrected chi connectivity index (χ1v) is 3.94. The number of alkyl halides is 3. The van der Waals surface area contributed by atoms with E-state index in [9.17, 15) is 18.0 Å². The van der Waals surface area contributed by atoms with E-state index in [1.54, 1.807) is 0 Å². The molecule has 0 spiro atoms. The second-order valence-corrected chi connectivity index (χ2v) is 3.11. The second-order valence-electron chi connectivity index (χ2n) is 3.11. The van der Waals surface area contributed by atoms with Crippen molar-refractivity contribution in [2.45, 2.75) is 25.1 Å². The molecule has 2 atom stereocenters. The van der Waals surface area contributed by atoms with Gasteiger partial charge in [-0.1, -0.05) is 0 Å². The Hall–Kier alpha value is -0.780. The van der Waals surface area contributed by atoms with E-state index in [1.807, 2.05) is 0 Å². The van der Waals surface area contributed by atoms with Crippen LogP contribution in [0.2, 0.25) is 0 Å². The number of halogens is 3. The Bertz CT molecular complexity index is 196. The molecular weight excluding hydrogens is 187 g/mol. The van der Waals surface area contributed by atoms with Crippen molar-refractivity contribution in [3.63, 3.8) is 0 Å². The van der Waals surface area contributed by atoms with Gasteiger partial charge in [0.05, 0.1) is 5.92 Å². The molecule has 6 heteroatoms. The van der Waals surface area contributed by atoms with Crippen molar-refractivity contribution >= 4 is 5.97 Å². The van der Waals surface area contributed by atoms with Crippen LogP contribution in [-0.2, 0) is 4.79 Å². The van der Waals surface area contributed by atoms with Gasteiger partial charge in [-0.25, -0.2) is 0 Å². The normalized spacial score (nSPS) is 30.1. The molecule has 0 aromatic rings. The zero-order chi connectivity index (χ0) is 10.1. The smallest absolute Gasteiger partial charge is 0.403 e. The summed E-state index contributed by atoms with van der Waals surface area (Å²) in [4.78, 5) is 10.4. The molecule has 0 bridgehead atoms. The third kappa shape index (κ3) is 2.58. The Morgan fingerprint density at radius 1 is 1.38 bits per heavy atom. The molecule has 0 aromatic carbocycles. The lowest BCUT2D eigenvalue weighted by molar-refractivity contribution is -0.166. The maximum atomic E-state index is 12.1. The number of rotatable bonds is 1. The van der Waals surface area contributed by atoms with E-state index in [0.717, 1.165) is 0 Å². The molecule has 2 N–H and O–H groups in total. The van der Waals surface area contributed by atoms with Crippen LogP contribution in [0, 0.1) is 5.92 Å². The minimum Gasteiger partial charge on any atom is -0.481 e. The van der Waals surface area contributed by atoms with E-state index in [2.05, 4.69) is 5.32 Å². The van der Waals surface area contributed by atoms with Crippen molar-refractivity contribution in [3.05, 3.63) is 0 Å². The third-order valence-corrected chi connectivity index (χ3v) is 2.16. The standard InChI is InChI=1S/C7H10F3NO2/c8-7(9,10)5-2-1-4(3-11-5)6(12)13/h4-5,11H,1-3H2,(H,12,13)/t4-,5-/m0/s1.